The third kappa shape index (κ3) is 0.446. The van der Waals surface area contributed by atoms with Crippen molar-refractivity contribution in [2.75, 3.05) is 20.1 Å². The first-order valence-electron chi connectivity index (χ1n) is 3.23. The fourth-order valence-corrected chi connectivity index (χ4v) is 1.59. The van der Waals surface area contributed by atoms with Gasteiger partial charge < -0.3 is 0 Å². The first-order chi connectivity index (χ1) is 3.88. The van der Waals surface area contributed by atoms with Crippen LogP contribution in [0.2, 0.25) is 0 Å². The Morgan fingerprint density at radius 1 is 1.38 bits per heavy atom. The maximum Gasteiger partial charge on any atom is 0.0291 e. The number of rotatable bonds is 0. The van der Waals surface area contributed by atoms with Gasteiger partial charge in [-0.2, -0.15) is 0 Å². The minimum atomic E-state index is 0.814. The van der Waals surface area contributed by atoms with Crippen molar-refractivity contribution in [1.82, 2.24) is 10.2 Å². The van der Waals surface area contributed by atoms with Crippen LogP contribution in [0.5, 0.6) is 0 Å². The SMILES string of the molecule is CN1C2C[N]CC1C2. The van der Waals surface area contributed by atoms with Crippen LogP contribution in [0.3, 0.4) is 0 Å². The van der Waals surface area contributed by atoms with Crippen molar-refractivity contribution in [3.63, 3.8) is 0 Å². The van der Waals surface area contributed by atoms with E-state index in [9.17, 15) is 0 Å². The Morgan fingerprint density at radius 2 is 2.00 bits per heavy atom. The average Bonchev–Trinajstić information content (AvgIpc) is 1.89. The van der Waals surface area contributed by atoms with Gasteiger partial charge in [0.2, 0.25) is 0 Å². The van der Waals surface area contributed by atoms with E-state index in [0.29, 0.717) is 0 Å². The van der Waals surface area contributed by atoms with Crippen LogP contribution in [-0.4, -0.2) is 37.1 Å². The molecular formula is C6H11N2. The predicted molar refractivity (Wildman–Crippen MR) is 31.8 cm³/mol. The van der Waals surface area contributed by atoms with E-state index in [1.165, 1.54) is 6.42 Å². The topological polar surface area (TPSA) is 17.3 Å². The van der Waals surface area contributed by atoms with Gasteiger partial charge in [-0.1, -0.05) is 0 Å². The van der Waals surface area contributed by atoms with E-state index in [1.807, 2.05) is 0 Å². The summed E-state index contributed by atoms with van der Waals surface area (Å²) in [7, 11) is 2.20. The molecule has 2 heteroatoms. The van der Waals surface area contributed by atoms with Gasteiger partial charge in [0.1, 0.15) is 0 Å². The Balaban J connectivity index is 2.03. The molecule has 2 unspecified atom stereocenters. The third-order valence-corrected chi connectivity index (χ3v) is 2.38. The van der Waals surface area contributed by atoms with Crippen molar-refractivity contribution in [2.24, 2.45) is 0 Å². The lowest BCUT2D eigenvalue weighted by Crippen LogP contribution is -2.64. The standard InChI is InChI=1S/C6H11N2/c1-8-5-2-6(8)4-7-3-5/h5-6H,2-4H2,1H3. The van der Waals surface area contributed by atoms with Gasteiger partial charge in [0.15, 0.2) is 0 Å². The number of fused-ring (bicyclic) bond motifs is 2. The zero-order valence-corrected chi connectivity index (χ0v) is 5.17. The number of piperazine rings is 1. The number of likely N-dealkylation sites (N-methyl/N-ethyl adjacent to an activating group) is 1. The Morgan fingerprint density at radius 3 is 2.25 bits per heavy atom. The van der Waals surface area contributed by atoms with Gasteiger partial charge in [-0.25, -0.2) is 5.32 Å². The average molecular weight is 111 g/mol. The second-order valence-corrected chi connectivity index (χ2v) is 2.80. The summed E-state index contributed by atoms with van der Waals surface area (Å²) >= 11 is 0. The van der Waals surface area contributed by atoms with Crippen molar-refractivity contribution in [3.05, 3.63) is 0 Å². The monoisotopic (exact) mass is 111 g/mol. The maximum absolute atomic E-state index is 4.32. The molecule has 0 N–H and O–H groups in total. The summed E-state index contributed by atoms with van der Waals surface area (Å²) in [5.41, 5.74) is 0. The van der Waals surface area contributed by atoms with E-state index < -0.39 is 0 Å². The van der Waals surface area contributed by atoms with E-state index in [2.05, 4.69) is 17.3 Å². The highest BCUT2D eigenvalue weighted by molar-refractivity contribution is 4.96. The molecular weight excluding hydrogens is 100 g/mol. The van der Waals surface area contributed by atoms with Crippen LogP contribution in [0.25, 0.3) is 0 Å². The van der Waals surface area contributed by atoms with Gasteiger partial charge in [-0.15, -0.1) is 0 Å². The molecule has 3 fully saturated rings. The molecule has 1 radical (unpaired) electrons. The van der Waals surface area contributed by atoms with Crippen molar-refractivity contribution < 1.29 is 0 Å². The van der Waals surface area contributed by atoms with Crippen molar-refractivity contribution in [3.8, 4) is 0 Å². The number of piperidine rings is 1. The fraction of sp³-hybridized carbons (Fsp3) is 1.00. The second kappa shape index (κ2) is 1.45. The molecule has 0 spiro atoms. The highest BCUT2D eigenvalue weighted by atomic mass is 15.3. The number of nitrogens with zero attached hydrogens (tertiary/aromatic N) is 2. The molecule has 0 amide bonds. The minimum absolute atomic E-state index is 0.814. The van der Waals surface area contributed by atoms with Gasteiger partial charge in [-0.05, 0) is 13.5 Å². The highest BCUT2D eigenvalue weighted by Crippen LogP contribution is 2.25. The summed E-state index contributed by atoms with van der Waals surface area (Å²) in [5, 5.41) is 4.32. The predicted octanol–water partition coefficient (Wildman–Crippen LogP) is -0.323. The number of hydrogen-bond donors (Lipinski definition) is 0. The minimum Gasteiger partial charge on any atom is -0.298 e. The number of hydrogen-bond acceptors (Lipinski definition) is 1. The van der Waals surface area contributed by atoms with Crippen LogP contribution in [0, 0.1) is 0 Å². The van der Waals surface area contributed by atoms with Crippen LogP contribution < -0.4 is 5.32 Å². The van der Waals surface area contributed by atoms with Gasteiger partial charge in [0.05, 0.1) is 0 Å². The summed E-state index contributed by atoms with van der Waals surface area (Å²) in [6, 6.07) is 1.63. The first kappa shape index (κ1) is 4.77. The van der Waals surface area contributed by atoms with Crippen molar-refractivity contribution >= 4 is 0 Å². The fourth-order valence-electron chi connectivity index (χ4n) is 1.59. The lowest BCUT2D eigenvalue weighted by molar-refractivity contribution is 0.0106. The molecule has 2 bridgehead atoms. The Bertz CT molecular complexity index is 88.7. The van der Waals surface area contributed by atoms with Gasteiger partial charge in [-0.3, -0.25) is 4.90 Å². The molecule has 0 aliphatic carbocycles. The lowest BCUT2D eigenvalue weighted by Gasteiger charge is -2.50. The molecule has 2 atom stereocenters. The smallest absolute Gasteiger partial charge is 0.0291 e. The van der Waals surface area contributed by atoms with Crippen LogP contribution in [-0.2, 0) is 0 Å². The van der Waals surface area contributed by atoms with Crippen molar-refractivity contribution in [1.29, 1.82) is 0 Å². The highest BCUT2D eigenvalue weighted by Gasteiger charge is 2.38. The largest absolute Gasteiger partial charge is 0.298 e. The van der Waals surface area contributed by atoms with Gasteiger partial charge >= 0.3 is 0 Å². The van der Waals surface area contributed by atoms with Gasteiger partial charge in [0, 0.05) is 25.2 Å². The molecule has 3 heterocycles. The van der Waals surface area contributed by atoms with E-state index >= 15 is 0 Å². The molecule has 0 aromatic carbocycles. The van der Waals surface area contributed by atoms with Crippen molar-refractivity contribution in [2.45, 2.75) is 18.5 Å². The molecule has 8 heavy (non-hydrogen) atoms. The normalized spacial score (nSPS) is 46.1. The molecule has 3 rings (SSSR count). The molecule has 0 aromatic heterocycles. The van der Waals surface area contributed by atoms with Crippen LogP contribution in [0.15, 0.2) is 0 Å². The lowest BCUT2D eigenvalue weighted by atomic mass is 9.90. The summed E-state index contributed by atoms with van der Waals surface area (Å²) in [5.74, 6) is 0. The zero-order valence-electron chi connectivity index (χ0n) is 5.17. The molecule has 2 nitrogen and oxygen atoms in total. The molecule has 45 valence electrons. The zero-order chi connectivity index (χ0) is 5.56. The quantitative estimate of drug-likeness (QED) is 0.418. The summed E-state index contributed by atoms with van der Waals surface area (Å²) in [6.45, 7) is 2.18. The summed E-state index contributed by atoms with van der Waals surface area (Å²) in [4.78, 5) is 2.44. The summed E-state index contributed by atoms with van der Waals surface area (Å²) in [6.07, 6.45) is 1.40. The molecule has 3 aliphatic rings. The Hall–Kier alpha value is -0.0800. The van der Waals surface area contributed by atoms with Gasteiger partial charge in [0.25, 0.3) is 0 Å². The second-order valence-electron chi connectivity index (χ2n) is 2.80. The molecule has 3 aliphatic heterocycles. The van der Waals surface area contributed by atoms with E-state index in [1.54, 1.807) is 0 Å². The molecule has 0 saturated carbocycles. The van der Waals surface area contributed by atoms with Crippen LogP contribution in [0.4, 0.5) is 0 Å². The first-order valence-corrected chi connectivity index (χ1v) is 3.23. The molecule has 3 saturated heterocycles. The Labute approximate surface area is 49.9 Å². The molecule has 0 aromatic rings. The third-order valence-electron chi connectivity index (χ3n) is 2.38. The van der Waals surface area contributed by atoms with Crippen LogP contribution in [0.1, 0.15) is 6.42 Å². The maximum atomic E-state index is 4.32. The van der Waals surface area contributed by atoms with E-state index in [4.69, 9.17) is 0 Å². The van der Waals surface area contributed by atoms with E-state index in [0.717, 1.165) is 25.2 Å². The van der Waals surface area contributed by atoms with E-state index in [-0.39, 0.29) is 0 Å². The van der Waals surface area contributed by atoms with Crippen LogP contribution >= 0.6 is 0 Å². The summed E-state index contributed by atoms with van der Waals surface area (Å²) < 4.78 is 0. The Kier molecular flexibility index (Phi) is 0.866.